The summed E-state index contributed by atoms with van der Waals surface area (Å²) in [6, 6.07) is 11.0. The molecule has 1 N–H and O–H groups in total. The topological polar surface area (TPSA) is 25.2 Å². The van der Waals surface area contributed by atoms with Gasteiger partial charge in [0.1, 0.15) is 11.3 Å². The number of para-hydroxylation sites is 1. The van der Waals surface area contributed by atoms with Crippen LogP contribution in [0.3, 0.4) is 0 Å². The van der Waals surface area contributed by atoms with E-state index in [0.29, 0.717) is 6.04 Å². The summed E-state index contributed by atoms with van der Waals surface area (Å²) in [5.41, 5.74) is 1.00. The first-order valence-electron chi connectivity index (χ1n) is 7.04. The standard InChI is InChI=1S/C16H23NO/c1-3-7-14(17-4-2)10-11-15-12-13-8-5-6-9-16(13)18-15/h5-6,8-9,12,14,17H,3-4,7,10-11H2,1-2H3. The van der Waals surface area contributed by atoms with Crippen LogP contribution in [0.2, 0.25) is 0 Å². The predicted molar refractivity (Wildman–Crippen MR) is 76.9 cm³/mol. The fourth-order valence-electron chi connectivity index (χ4n) is 2.46. The van der Waals surface area contributed by atoms with Crippen LogP contribution >= 0.6 is 0 Å². The van der Waals surface area contributed by atoms with E-state index in [1.165, 1.54) is 18.2 Å². The summed E-state index contributed by atoms with van der Waals surface area (Å²) in [5.74, 6) is 1.11. The summed E-state index contributed by atoms with van der Waals surface area (Å²) >= 11 is 0. The van der Waals surface area contributed by atoms with Crippen molar-refractivity contribution in [3.05, 3.63) is 36.1 Å². The van der Waals surface area contributed by atoms with Crippen LogP contribution in [0, 0.1) is 0 Å². The van der Waals surface area contributed by atoms with E-state index >= 15 is 0 Å². The summed E-state index contributed by atoms with van der Waals surface area (Å²) in [5, 5.41) is 4.76. The normalized spacial score (nSPS) is 13.0. The maximum absolute atomic E-state index is 5.85. The number of furan rings is 1. The van der Waals surface area contributed by atoms with Gasteiger partial charge in [0.2, 0.25) is 0 Å². The molecule has 1 unspecified atom stereocenters. The minimum absolute atomic E-state index is 0.619. The molecule has 0 amide bonds. The second-order valence-electron chi connectivity index (χ2n) is 4.83. The highest BCUT2D eigenvalue weighted by molar-refractivity contribution is 5.77. The lowest BCUT2D eigenvalue weighted by Crippen LogP contribution is -2.29. The van der Waals surface area contributed by atoms with Gasteiger partial charge in [0.15, 0.2) is 0 Å². The molecule has 98 valence electrons. The number of nitrogens with one attached hydrogen (secondary N) is 1. The van der Waals surface area contributed by atoms with Crippen molar-refractivity contribution in [2.75, 3.05) is 6.54 Å². The van der Waals surface area contributed by atoms with Crippen molar-refractivity contribution in [3.8, 4) is 0 Å². The molecule has 0 bridgehead atoms. The highest BCUT2D eigenvalue weighted by Gasteiger charge is 2.08. The second-order valence-corrected chi connectivity index (χ2v) is 4.83. The lowest BCUT2D eigenvalue weighted by Gasteiger charge is -2.15. The van der Waals surface area contributed by atoms with Gasteiger partial charge < -0.3 is 9.73 Å². The Morgan fingerprint density at radius 3 is 2.72 bits per heavy atom. The quantitative estimate of drug-likeness (QED) is 0.793. The number of hydrogen-bond acceptors (Lipinski definition) is 2. The molecule has 18 heavy (non-hydrogen) atoms. The molecule has 0 saturated heterocycles. The van der Waals surface area contributed by atoms with Gasteiger partial charge in [-0.15, -0.1) is 0 Å². The van der Waals surface area contributed by atoms with Crippen LogP contribution in [0.25, 0.3) is 11.0 Å². The summed E-state index contributed by atoms with van der Waals surface area (Å²) < 4.78 is 5.85. The highest BCUT2D eigenvalue weighted by atomic mass is 16.3. The molecular formula is C16H23NO. The van der Waals surface area contributed by atoms with Gasteiger partial charge in [-0.25, -0.2) is 0 Å². The molecule has 2 rings (SSSR count). The number of fused-ring (bicyclic) bond motifs is 1. The van der Waals surface area contributed by atoms with Crippen molar-refractivity contribution in [2.45, 2.75) is 45.6 Å². The van der Waals surface area contributed by atoms with Crippen LogP contribution in [0.4, 0.5) is 0 Å². The van der Waals surface area contributed by atoms with Crippen LogP contribution < -0.4 is 5.32 Å². The van der Waals surface area contributed by atoms with Crippen LogP contribution in [-0.4, -0.2) is 12.6 Å². The maximum atomic E-state index is 5.85. The first kappa shape index (κ1) is 13.2. The first-order chi connectivity index (χ1) is 8.83. The maximum Gasteiger partial charge on any atom is 0.134 e. The zero-order valence-corrected chi connectivity index (χ0v) is 11.4. The van der Waals surface area contributed by atoms with E-state index < -0.39 is 0 Å². The Morgan fingerprint density at radius 2 is 2.00 bits per heavy atom. The third-order valence-electron chi connectivity index (χ3n) is 3.35. The van der Waals surface area contributed by atoms with E-state index in [9.17, 15) is 0 Å². The molecule has 0 saturated carbocycles. The number of benzene rings is 1. The molecule has 0 fully saturated rings. The van der Waals surface area contributed by atoms with Crippen molar-refractivity contribution >= 4 is 11.0 Å². The minimum atomic E-state index is 0.619. The molecule has 2 heteroatoms. The fraction of sp³-hybridized carbons (Fsp3) is 0.500. The van der Waals surface area contributed by atoms with Crippen molar-refractivity contribution in [2.24, 2.45) is 0 Å². The zero-order valence-electron chi connectivity index (χ0n) is 11.4. The smallest absolute Gasteiger partial charge is 0.134 e. The van der Waals surface area contributed by atoms with Gasteiger partial charge in [0.05, 0.1) is 0 Å². The molecule has 0 aliphatic rings. The number of rotatable bonds is 7. The van der Waals surface area contributed by atoms with Crippen LogP contribution in [-0.2, 0) is 6.42 Å². The van der Waals surface area contributed by atoms with Crippen molar-refractivity contribution in [1.29, 1.82) is 0 Å². The molecule has 2 nitrogen and oxygen atoms in total. The van der Waals surface area contributed by atoms with Crippen molar-refractivity contribution in [3.63, 3.8) is 0 Å². The fourth-order valence-corrected chi connectivity index (χ4v) is 2.46. The molecule has 0 aliphatic carbocycles. The molecule has 1 atom stereocenters. The summed E-state index contributed by atoms with van der Waals surface area (Å²) in [4.78, 5) is 0. The third kappa shape index (κ3) is 3.36. The van der Waals surface area contributed by atoms with E-state index in [4.69, 9.17) is 4.42 Å². The van der Waals surface area contributed by atoms with E-state index in [0.717, 1.165) is 30.7 Å². The van der Waals surface area contributed by atoms with Gasteiger partial charge in [0.25, 0.3) is 0 Å². The van der Waals surface area contributed by atoms with Gasteiger partial charge >= 0.3 is 0 Å². The molecule has 1 aromatic carbocycles. The molecule has 0 aliphatic heterocycles. The van der Waals surface area contributed by atoms with E-state index in [2.05, 4.69) is 37.4 Å². The molecule has 2 aromatic rings. The van der Waals surface area contributed by atoms with Gasteiger partial charge in [-0.2, -0.15) is 0 Å². The van der Waals surface area contributed by atoms with E-state index in [-0.39, 0.29) is 0 Å². The Labute approximate surface area is 109 Å². The molecular weight excluding hydrogens is 222 g/mol. The molecule has 0 radical (unpaired) electrons. The Hall–Kier alpha value is -1.28. The largest absolute Gasteiger partial charge is 0.461 e. The minimum Gasteiger partial charge on any atom is -0.461 e. The highest BCUT2D eigenvalue weighted by Crippen LogP contribution is 2.20. The molecule has 0 spiro atoms. The molecule has 1 heterocycles. The lowest BCUT2D eigenvalue weighted by molar-refractivity contribution is 0.437. The molecule has 1 aromatic heterocycles. The first-order valence-corrected chi connectivity index (χ1v) is 7.04. The average Bonchev–Trinajstić information content (AvgIpc) is 2.79. The third-order valence-corrected chi connectivity index (χ3v) is 3.35. The number of aryl methyl sites for hydroxylation is 1. The van der Waals surface area contributed by atoms with E-state index in [1.54, 1.807) is 0 Å². The zero-order chi connectivity index (χ0) is 12.8. The predicted octanol–water partition coefficient (Wildman–Crippen LogP) is 4.14. The van der Waals surface area contributed by atoms with Crippen molar-refractivity contribution in [1.82, 2.24) is 5.32 Å². The summed E-state index contributed by atoms with van der Waals surface area (Å²) in [6.07, 6.45) is 4.65. The van der Waals surface area contributed by atoms with Gasteiger partial charge in [-0.1, -0.05) is 38.5 Å². The summed E-state index contributed by atoms with van der Waals surface area (Å²) in [7, 11) is 0. The Balaban J connectivity index is 1.95. The van der Waals surface area contributed by atoms with Crippen molar-refractivity contribution < 1.29 is 4.42 Å². The number of hydrogen-bond donors (Lipinski definition) is 1. The van der Waals surface area contributed by atoms with Crippen LogP contribution in [0.5, 0.6) is 0 Å². The lowest BCUT2D eigenvalue weighted by atomic mass is 10.1. The monoisotopic (exact) mass is 245 g/mol. The van der Waals surface area contributed by atoms with Gasteiger partial charge in [0, 0.05) is 17.8 Å². The Morgan fingerprint density at radius 1 is 1.17 bits per heavy atom. The Kier molecular flexibility index (Phi) is 4.82. The van der Waals surface area contributed by atoms with E-state index in [1.807, 2.05) is 12.1 Å². The van der Waals surface area contributed by atoms with Crippen LogP contribution in [0.1, 0.15) is 38.9 Å². The average molecular weight is 245 g/mol. The van der Waals surface area contributed by atoms with Crippen LogP contribution in [0.15, 0.2) is 34.7 Å². The summed E-state index contributed by atoms with van der Waals surface area (Å²) in [6.45, 7) is 5.46. The van der Waals surface area contributed by atoms with Gasteiger partial charge in [-0.3, -0.25) is 0 Å². The van der Waals surface area contributed by atoms with Gasteiger partial charge in [-0.05, 0) is 31.5 Å². The Bertz CT molecular complexity index is 436. The second kappa shape index (κ2) is 6.60. The SMILES string of the molecule is CCCC(CCc1cc2ccccc2o1)NCC.